The lowest BCUT2D eigenvalue weighted by atomic mass is 10.00. The van der Waals surface area contributed by atoms with Crippen LogP contribution in [0.25, 0.3) is 11.4 Å². The van der Waals surface area contributed by atoms with Gasteiger partial charge in [0.1, 0.15) is 11.4 Å². The van der Waals surface area contributed by atoms with Crippen molar-refractivity contribution in [2.75, 3.05) is 0 Å². The van der Waals surface area contributed by atoms with Crippen LogP contribution in [0.2, 0.25) is 15.1 Å². The maximum atomic E-state index is 13.1. The molecule has 30 heavy (non-hydrogen) atoms. The zero-order chi connectivity index (χ0) is 21.3. The molecule has 0 atom stereocenters. The molecule has 4 rings (SSSR count). The molecular formula is C22H15Cl3N4O. The summed E-state index contributed by atoms with van der Waals surface area (Å²) in [6, 6.07) is 15.7. The third kappa shape index (κ3) is 4.10. The fraction of sp³-hybridized carbons (Fsp3) is 0.0909. The molecule has 0 bridgehead atoms. The summed E-state index contributed by atoms with van der Waals surface area (Å²) in [5, 5.41) is 10.0. The van der Waals surface area contributed by atoms with E-state index >= 15 is 0 Å². The molecule has 0 aliphatic carbocycles. The van der Waals surface area contributed by atoms with Crippen LogP contribution in [-0.4, -0.2) is 25.8 Å². The number of carbonyl (C=O) groups is 1. The summed E-state index contributed by atoms with van der Waals surface area (Å²) in [4.78, 5) is 17.5. The van der Waals surface area contributed by atoms with E-state index in [1.54, 1.807) is 53.3 Å². The summed E-state index contributed by atoms with van der Waals surface area (Å²) in [6.07, 6.45) is 1.62. The van der Waals surface area contributed by atoms with Crippen LogP contribution in [0.4, 0.5) is 0 Å². The number of aromatic nitrogens is 4. The summed E-state index contributed by atoms with van der Waals surface area (Å²) < 4.78 is 1.72. The molecule has 0 unspecified atom stereocenters. The van der Waals surface area contributed by atoms with Crippen LogP contribution in [0.15, 0.2) is 60.8 Å². The molecule has 0 saturated carbocycles. The number of carbonyl (C=O) groups excluding carboxylic acids is 1. The minimum absolute atomic E-state index is 0.223. The first kappa shape index (κ1) is 20.5. The summed E-state index contributed by atoms with van der Waals surface area (Å²) in [6.45, 7) is 2.31. The van der Waals surface area contributed by atoms with Crippen molar-refractivity contribution in [3.63, 3.8) is 0 Å². The molecule has 0 radical (unpaired) electrons. The van der Waals surface area contributed by atoms with E-state index in [9.17, 15) is 4.79 Å². The van der Waals surface area contributed by atoms with Crippen molar-refractivity contribution < 1.29 is 4.79 Å². The SMILES string of the molecule is Cc1c(-c2ncccc2C(=O)c2ccccc2Cl)nnn1Cc1cc(Cl)cc(Cl)c1. The maximum Gasteiger partial charge on any atom is 0.196 e. The van der Waals surface area contributed by atoms with Crippen molar-refractivity contribution in [1.29, 1.82) is 0 Å². The van der Waals surface area contributed by atoms with Gasteiger partial charge in [0.05, 0.1) is 22.8 Å². The van der Waals surface area contributed by atoms with Crippen LogP contribution < -0.4 is 0 Å². The van der Waals surface area contributed by atoms with E-state index in [2.05, 4.69) is 15.3 Å². The lowest BCUT2D eigenvalue weighted by molar-refractivity contribution is 0.103. The second kappa shape index (κ2) is 8.56. The number of hydrogen-bond acceptors (Lipinski definition) is 4. The predicted octanol–water partition coefficient (Wildman–Crippen LogP) is 5.89. The summed E-state index contributed by atoms with van der Waals surface area (Å²) in [5.41, 5.74) is 3.45. The Balaban J connectivity index is 1.73. The molecule has 0 spiro atoms. The molecule has 0 fully saturated rings. The highest BCUT2D eigenvalue weighted by atomic mass is 35.5. The number of pyridine rings is 1. The van der Waals surface area contributed by atoms with E-state index in [0.29, 0.717) is 44.1 Å². The highest BCUT2D eigenvalue weighted by molar-refractivity contribution is 6.35. The highest BCUT2D eigenvalue weighted by Gasteiger charge is 2.22. The van der Waals surface area contributed by atoms with E-state index < -0.39 is 0 Å². The van der Waals surface area contributed by atoms with Gasteiger partial charge in [0.2, 0.25) is 0 Å². The number of ketones is 1. The Kier molecular flexibility index (Phi) is 5.86. The normalized spacial score (nSPS) is 10.9. The molecule has 8 heteroatoms. The number of benzene rings is 2. The molecular weight excluding hydrogens is 443 g/mol. The van der Waals surface area contributed by atoms with E-state index in [1.165, 1.54) is 0 Å². The van der Waals surface area contributed by atoms with Crippen molar-refractivity contribution >= 4 is 40.6 Å². The number of halogens is 3. The quantitative estimate of drug-likeness (QED) is 0.351. The van der Waals surface area contributed by atoms with Crippen molar-refractivity contribution in [3.05, 3.63) is 98.2 Å². The fourth-order valence-corrected chi connectivity index (χ4v) is 3.96. The lowest BCUT2D eigenvalue weighted by Gasteiger charge is -2.09. The standard InChI is InChI=1S/C22H15Cl3N4O/c1-13-20(27-28-29(13)12-14-9-15(23)11-16(24)10-14)21-18(6-4-8-26-21)22(30)17-5-2-3-7-19(17)25/h2-11H,12H2,1H3. The molecule has 2 heterocycles. The number of rotatable bonds is 5. The second-order valence-corrected chi connectivity index (χ2v) is 7.95. The molecule has 2 aromatic heterocycles. The Hall–Kier alpha value is -2.73. The Labute approximate surface area is 188 Å². The van der Waals surface area contributed by atoms with Gasteiger partial charge in [0.15, 0.2) is 5.78 Å². The Morgan fingerprint density at radius 1 is 0.933 bits per heavy atom. The van der Waals surface area contributed by atoms with Gasteiger partial charge in [-0.15, -0.1) is 5.10 Å². The van der Waals surface area contributed by atoms with Crippen molar-refractivity contribution in [2.24, 2.45) is 0 Å². The van der Waals surface area contributed by atoms with Gasteiger partial charge in [-0.05, 0) is 55.0 Å². The van der Waals surface area contributed by atoms with Gasteiger partial charge < -0.3 is 0 Å². The smallest absolute Gasteiger partial charge is 0.196 e. The molecule has 0 N–H and O–H groups in total. The Bertz CT molecular complexity index is 1230. The van der Waals surface area contributed by atoms with Gasteiger partial charge in [0.25, 0.3) is 0 Å². The fourth-order valence-electron chi connectivity index (χ4n) is 3.17. The first-order chi connectivity index (χ1) is 14.4. The highest BCUT2D eigenvalue weighted by Crippen LogP contribution is 2.27. The zero-order valence-corrected chi connectivity index (χ0v) is 18.1. The number of hydrogen-bond donors (Lipinski definition) is 0. The molecule has 4 aromatic rings. The van der Waals surface area contributed by atoms with Crippen molar-refractivity contribution in [3.8, 4) is 11.4 Å². The third-order valence-corrected chi connectivity index (χ3v) is 5.40. The molecule has 0 aliphatic heterocycles. The van der Waals surface area contributed by atoms with Crippen LogP contribution in [-0.2, 0) is 6.54 Å². The minimum atomic E-state index is -0.223. The van der Waals surface area contributed by atoms with Crippen molar-refractivity contribution in [1.82, 2.24) is 20.0 Å². The van der Waals surface area contributed by atoms with Gasteiger partial charge in [-0.25, -0.2) is 4.68 Å². The summed E-state index contributed by atoms with van der Waals surface area (Å²) in [5.74, 6) is -0.223. The summed E-state index contributed by atoms with van der Waals surface area (Å²) >= 11 is 18.4. The topological polar surface area (TPSA) is 60.7 Å². The molecule has 0 aliphatic rings. The van der Waals surface area contributed by atoms with E-state index in [4.69, 9.17) is 34.8 Å². The Morgan fingerprint density at radius 3 is 2.37 bits per heavy atom. The lowest BCUT2D eigenvalue weighted by Crippen LogP contribution is -2.07. The molecule has 0 amide bonds. The van der Waals surface area contributed by atoms with Crippen LogP contribution in [0.5, 0.6) is 0 Å². The molecule has 0 saturated heterocycles. The minimum Gasteiger partial charge on any atom is -0.288 e. The van der Waals surface area contributed by atoms with Gasteiger partial charge in [-0.1, -0.05) is 52.1 Å². The van der Waals surface area contributed by atoms with Crippen LogP contribution >= 0.6 is 34.8 Å². The first-order valence-corrected chi connectivity index (χ1v) is 10.2. The van der Waals surface area contributed by atoms with Crippen LogP contribution in [0.1, 0.15) is 27.2 Å². The Morgan fingerprint density at radius 2 is 1.63 bits per heavy atom. The van der Waals surface area contributed by atoms with Gasteiger partial charge >= 0.3 is 0 Å². The molecule has 2 aromatic carbocycles. The maximum absolute atomic E-state index is 13.1. The third-order valence-electron chi connectivity index (χ3n) is 4.63. The van der Waals surface area contributed by atoms with Gasteiger partial charge in [-0.3, -0.25) is 9.78 Å². The molecule has 150 valence electrons. The average molecular weight is 458 g/mol. The van der Waals surface area contributed by atoms with Crippen molar-refractivity contribution in [2.45, 2.75) is 13.5 Å². The predicted molar refractivity (Wildman–Crippen MR) is 118 cm³/mol. The zero-order valence-electron chi connectivity index (χ0n) is 15.8. The average Bonchev–Trinajstić information content (AvgIpc) is 3.07. The van der Waals surface area contributed by atoms with E-state index in [-0.39, 0.29) is 5.78 Å². The molecule has 5 nitrogen and oxygen atoms in total. The van der Waals surface area contributed by atoms with Crippen LogP contribution in [0.3, 0.4) is 0 Å². The number of nitrogens with zero attached hydrogens (tertiary/aromatic N) is 4. The van der Waals surface area contributed by atoms with Gasteiger partial charge in [0, 0.05) is 21.8 Å². The van der Waals surface area contributed by atoms with Crippen LogP contribution in [0, 0.1) is 6.92 Å². The van der Waals surface area contributed by atoms with E-state index in [1.807, 2.05) is 19.1 Å². The largest absolute Gasteiger partial charge is 0.288 e. The first-order valence-electron chi connectivity index (χ1n) is 9.03. The van der Waals surface area contributed by atoms with Gasteiger partial charge in [-0.2, -0.15) is 0 Å². The summed E-state index contributed by atoms with van der Waals surface area (Å²) in [7, 11) is 0. The van der Waals surface area contributed by atoms with E-state index in [0.717, 1.165) is 11.3 Å². The second-order valence-electron chi connectivity index (χ2n) is 6.67. The monoisotopic (exact) mass is 456 g/mol.